The van der Waals surface area contributed by atoms with E-state index >= 15 is 0 Å². The smallest absolute Gasteiger partial charge is 0.247 e. The van der Waals surface area contributed by atoms with Crippen LogP contribution in [0.25, 0.3) is 0 Å². The number of thiophene rings is 1. The van der Waals surface area contributed by atoms with Gasteiger partial charge in [-0.3, -0.25) is 0 Å². The molecule has 1 aromatic carbocycles. The normalized spacial score (nSPS) is 12.3. The molecule has 0 spiro atoms. The van der Waals surface area contributed by atoms with Gasteiger partial charge in [-0.15, -0.1) is 11.3 Å². The molecule has 2 aromatic rings. The van der Waals surface area contributed by atoms with E-state index < -0.39 is 19.9 Å². The van der Waals surface area contributed by atoms with Gasteiger partial charge in [-0.1, -0.05) is 6.07 Å². The molecular formula is C11H11NO5S3. The van der Waals surface area contributed by atoms with Crippen LogP contribution in [0.2, 0.25) is 0 Å². The average Bonchev–Trinajstić information content (AvgIpc) is 2.89. The first-order chi connectivity index (χ1) is 9.25. The van der Waals surface area contributed by atoms with Crippen LogP contribution < -0.4 is 9.88 Å². The summed E-state index contributed by atoms with van der Waals surface area (Å²) in [6.07, 6.45) is 0. The first kappa shape index (κ1) is 15.0. The van der Waals surface area contributed by atoms with E-state index in [1.807, 2.05) is 0 Å². The number of primary sulfonamides is 1. The fourth-order valence-electron chi connectivity index (χ4n) is 1.49. The fourth-order valence-corrected chi connectivity index (χ4v) is 4.84. The zero-order valence-electron chi connectivity index (χ0n) is 10.3. The summed E-state index contributed by atoms with van der Waals surface area (Å²) in [6, 6.07) is 6.98. The number of sulfonamides is 1. The van der Waals surface area contributed by atoms with Gasteiger partial charge in [0.1, 0.15) is 9.96 Å². The van der Waals surface area contributed by atoms with Crippen LogP contribution in [0.4, 0.5) is 0 Å². The standard InChI is InChI=1S/C11H11NO5S3/c1-17-8-3-2-4-9(5-8)19(13,14)10-6-11(18-7-10)20(12,15)16/h2-7H,1H3,(H2,12,15,16). The maximum absolute atomic E-state index is 12.4. The molecule has 0 radical (unpaired) electrons. The Kier molecular flexibility index (Phi) is 3.87. The molecule has 9 heteroatoms. The summed E-state index contributed by atoms with van der Waals surface area (Å²) in [5.41, 5.74) is 0. The molecule has 0 atom stereocenters. The highest BCUT2D eigenvalue weighted by molar-refractivity contribution is 7.92. The molecule has 0 amide bonds. The van der Waals surface area contributed by atoms with Gasteiger partial charge in [-0.05, 0) is 24.3 Å². The Morgan fingerprint density at radius 3 is 2.35 bits per heavy atom. The minimum atomic E-state index is -3.91. The molecule has 2 rings (SSSR count). The summed E-state index contributed by atoms with van der Waals surface area (Å²) in [5, 5.41) is 6.21. The largest absolute Gasteiger partial charge is 0.497 e. The summed E-state index contributed by atoms with van der Waals surface area (Å²) < 4.78 is 51.9. The molecule has 0 aliphatic carbocycles. The molecule has 20 heavy (non-hydrogen) atoms. The molecule has 0 saturated carbocycles. The molecule has 0 aliphatic heterocycles. The molecule has 0 saturated heterocycles. The van der Waals surface area contributed by atoms with Gasteiger partial charge in [-0.2, -0.15) is 0 Å². The van der Waals surface area contributed by atoms with Crippen molar-refractivity contribution in [3.05, 3.63) is 35.7 Å². The second-order valence-electron chi connectivity index (χ2n) is 3.83. The van der Waals surface area contributed by atoms with Crippen molar-refractivity contribution < 1.29 is 21.6 Å². The van der Waals surface area contributed by atoms with E-state index in [1.54, 1.807) is 12.1 Å². The molecule has 0 unspecified atom stereocenters. The molecule has 108 valence electrons. The lowest BCUT2D eigenvalue weighted by molar-refractivity contribution is 0.413. The Morgan fingerprint density at radius 2 is 1.80 bits per heavy atom. The summed E-state index contributed by atoms with van der Waals surface area (Å²) in [6.45, 7) is 0. The fraction of sp³-hybridized carbons (Fsp3) is 0.0909. The minimum Gasteiger partial charge on any atom is -0.497 e. The lowest BCUT2D eigenvalue weighted by Gasteiger charge is -2.04. The van der Waals surface area contributed by atoms with Gasteiger partial charge in [0.15, 0.2) is 0 Å². The zero-order valence-corrected chi connectivity index (χ0v) is 12.8. The van der Waals surface area contributed by atoms with Crippen LogP contribution in [0.3, 0.4) is 0 Å². The highest BCUT2D eigenvalue weighted by Gasteiger charge is 2.22. The van der Waals surface area contributed by atoms with Gasteiger partial charge >= 0.3 is 0 Å². The van der Waals surface area contributed by atoms with Gasteiger partial charge in [0.25, 0.3) is 0 Å². The van der Waals surface area contributed by atoms with Crippen molar-refractivity contribution >= 4 is 31.2 Å². The third-order valence-electron chi connectivity index (χ3n) is 2.49. The molecule has 0 fully saturated rings. The summed E-state index contributed by atoms with van der Waals surface area (Å²) in [5.74, 6) is 0.396. The van der Waals surface area contributed by atoms with Crippen LogP contribution in [-0.4, -0.2) is 23.9 Å². The summed E-state index contributed by atoms with van der Waals surface area (Å²) >= 11 is 0.765. The summed E-state index contributed by atoms with van der Waals surface area (Å²) in [7, 11) is -6.28. The van der Waals surface area contributed by atoms with E-state index in [4.69, 9.17) is 9.88 Å². The third-order valence-corrected chi connectivity index (χ3v) is 6.76. The van der Waals surface area contributed by atoms with Crippen LogP contribution in [0, 0.1) is 0 Å². The Labute approximate surface area is 120 Å². The monoisotopic (exact) mass is 333 g/mol. The van der Waals surface area contributed by atoms with E-state index in [-0.39, 0.29) is 14.0 Å². The van der Waals surface area contributed by atoms with Gasteiger partial charge in [0, 0.05) is 5.38 Å². The minimum absolute atomic E-state index is 0.0237. The molecule has 6 nitrogen and oxygen atoms in total. The molecule has 0 aliphatic rings. The van der Waals surface area contributed by atoms with Crippen molar-refractivity contribution in [1.82, 2.24) is 0 Å². The van der Waals surface area contributed by atoms with Crippen molar-refractivity contribution in [2.75, 3.05) is 7.11 Å². The SMILES string of the molecule is COc1cccc(S(=O)(=O)c2csc(S(N)(=O)=O)c2)c1. The van der Waals surface area contributed by atoms with Crippen molar-refractivity contribution in [2.45, 2.75) is 14.0 Å². The van der Waals surface area contributed by atoms with Crippen LogP contribution in [0.5, 0.6) is 5.75 Å². The molecule has 0 bridgehead atoms. The molecular weight excluding hydrogens is 322 g/mol. The van der Waals surface area contributed by atoms with Crippen LogP contribution in [0.1, 0.15) is 0 Å². The van der Waals surface area contributed by atoms with Gasteiger partial charge in [0.2, 0.25) is 19.9 Å². The predicted molar refractivity (Wildman–Crippen MR) is 74.1 cm³/mol. The number of benzene rings is 1. The van der Waals surface area contributed by atoms with Crippen LogP contribution >= 0.6 is 11.3 Å². The first-order valence-corrected chi connectivity index (χ1v) is 9.16. The Balaban J connectivity index is 2.52. The number of nitrogens with two attached hydrogens (primary N) is 1. The number of methoxy groups -OCH3 is 1. The number of rotatable bonds is 4. The predicted octanol–water partition coefficient (Wildman–Crippen LogP) is 1.24. The number of sulfone groups is 1. The van der Waals surface area contributed by atoms with Crippen molar-refractivity contribution in [1.29, 1.82) is 0 Å². The second kappa shape index (κ2) is 5.17. The van der Waals surface area contributed by atoms with Gasteiger partial charge < -0.3 is 4.74 Å². The van der Waals surface area contributed by atoms with Crippen molar-refractivity contribution in [3.63, 3.8) is 0 Å². The van der Waals surface area contributed by atoms with E-state index in [0.29, 0.717) is 5.75 Å². The number of hydrogen-bond acceptors (Lipinski definition) is 6. The van der Waals surface area contributed by atoms with Crippen molar-refractivity contribution in [2.24, 2.45) is 5.14 Å². The van der Waals surface area contributed by atoms with E-state index in [2.05, 4.69) is 0 Å². The molecule has 1 heterocycles. The van der Waals surface area contributed by atoms with Gasteiger partial charge in [0.05, 0.1) is 16.9 Å². The maximum Gasteiger partial charge on any atom is 0.247 e. The highest BCUT2D eigenvalue weighted by atomic mass is 32.2. The van der Waals surface area contributed by atoms with Crippen LogP contribution in [0.15, 0.2) is 49.7 Å². The summed E-state index contributed by atoms with van der Waals surface area (Å²) in [4.78, 5) is -0.0876. The quantitative estimate of drug-likeness (QED) is 0.906. The lowest BCUT2D eigenvalue weighted by Crippen LogP contribution is -2.10. The zero-order chi connectivity index (χ0) is 15.0. The molecule has 2 N–H and O–H groups in total. The highest BCUT2D eigenvalue weighted by Crippen LogP contribution is 2.29. The lowest BCUT2D eigenvalue weighted by atomic mass is 10.3. The average molecular weight is 333 g/mol. The number of ether oxygens (including phenoxy) is 1. The Morgan fingerprint density at radius 1 is 1.10 bits per heavy atom. The van der Waals surface area contributed by atoms with E-state index in [0.717, 1.165) is 17.4 Å². The number of hydrogen-bond donors (Lipinski definition) is 1. The topological polar surface area (TPSA) is 104 Å². The van der Waals surface area contributed by atoms with Gasteiger partial charge in [-0.25, -0.2) is 22.0 Å². The van der Waals surface area contributed by atoms with E-state index in [9.17, 15) is 16.8 Å². The Bertz CT molecular complexity index is 836. The first-order valence-electron chi connectivity index (χ1n) is 5.25. The maximum atomic E-state index is 12.4. The third kappa shape index (κ3) is 2.85. The Hall–Kier alpha value is -1.42. The second-order valence-corrected chi connectivity index (χ2v) is 8.48. The van der Waals surface area contributed by atoms with E-state index in [1.165, 1.54) is 24.6 Å². The molecule has 1 aromatic heterocycles. The van der Waals surface area contributed by atoms with Crippen molar-refractivity contribution in [3.8, 4) is 5.75 Å². The van der Waals surface area contributed by atoms with Crippen LogP contribution in [-0.2, 0) is 19.9 Å².